The normalized spacial score (nSPS) is 44.5. The lowest BCUT2D eigenvalue weighted by atomic mass is 9.45. The van der Waals surface area contributed by atoms with Crippen LogP contribution < -0.4 is 10.6 Å². The summed E-state index contributed by atoms with van der Waals surface area (Å²) in [5, 5.41) is 7.67. The van der Waals surface area contributed by atoms with E-state index in [1.165, 1.54) is 51.6 Å². The van der Waals surface area contributed by atoms with Crippen LogP contribution in [-0.4, -0.2) is 25.7 Å². The maximum Gasteiger partial charge on any atom is 0.0164 e. The van der Waals surface area contributed by atoms with Gasteiger partial charge in [-0.05, 0) is 105 Å². The van der Waals surface area contributed by atoms with Gasteiger partial charge in [0.2, 0.25) is 0 Å². The summed E-state index contributed by atoms with van der Waals surface area (Å²) in [5.41, 5.74) is 1.25. The molecule has 6 rings (SSSR count). The predicted molar refractivity (Wildman–Crippen MR) is 107 cm³/mol. The molecule has 0 aliphatic heterocycles. The Labute approximate surface area is 156 Å². The first-order valence-corrected chi connectivity index (χ1v) is 11.2. The Kier molecular flexibility index (Phi) is 4.77. The van der Waals surface area contributed by atoms with Crippen LogP contribution in [-0.2, 0) is 0 Å². The fraction of sp³-hybridized carbons (Fsp3) is 1.00. The smallest absolute Gasteiger partial charge is 0.0164 e. The molecule has 0 aromatic rings. The summed E-state index contributed by atoms with van der Waals surface area (Å²) in [6.45, 7) is 16.0. The Hall–Kier alpha value is -0.0800. The molecule has 6 fully saturated rings. The molecule has 2 unspecified atom stereocenters. The first-order chi connectivity index (χ1) is 11.8. The van der Waals surface area contributed by atoms with Crippen molar-refractivity contribution in [3.05, 3.63) is 0 Å². The van der Waals surface area contributed by atoms with Crippen LogP contribution in [0, 0.1) is 46.3 Å². The van der Waals surface area contributed by atoms with Gasteiger partial charge in [0.15, 0.2) is 0 Å². The Morgan fingerprint density at radius 2 is 1.32 bits per heavy atom. The summed E-state index contributed by atoms with van der Waals surface area (Å²) in [6, 6.07) is 0.603. The lowest BCUT2D eigenvalue weighted by molar-refractivity contribution is -0.104. The Morgan fingerprint density at radius 1 is 0.800 bits per heavy atom. The molecule has 0 amide bonds. The highest BCUT2D eigenvalue weighted by molar-refractivity contribution is 5.04. The number of fused-ring (bicyclic) bond motifs is 4. The molecular formula is C23H42N2. The number of hydrogen-bond acceptors (Lipinski definition) is 2. The molecule has 0 aromatic heterocycles. The largest absolute Gasteiger partial charge is 0.315 e. The minimum Gasteiger partial charge on any atom is -0.315 e. The third kappa shape index (κ3) is 3.10. The van der Waals surface area contributed by atoms with Crippen LogP contribution in [0.3, 0.4) is 0 Å². The summed E-state index contributed by atoms with van der Waals surface area (Å²) in [6.07, 6.45) is 8.89. The molecule has 2 heteroatoms. The standard InChI is InChI=1S/C23H42N2/c1-15(25-14-17-7-9-19-11-21(17)23(19,4)5)12-24-13-16-6-8-18-10-20(16)22(18,2)3/h15-21,24-25H,6-14H2,1-5H3/t15?,16?,17-,18-,19-,20+,21+/m0/s1. The zero-order valence-corrected chi connectivity index (χ0v) is 17.4. The maximum absolute atomic E-state index is 3.86. The van der Waals surface area contributed by atoms with E-state index in [4.69, 9.17) is 0 Å². The van der Waals surface area contributed by atoms with Gasteiger partial charge < -0.3 is 10.6 Å². The Balaban J connectivity index is 1.15. The van der Waals surface area contributed by atoms with Gasteiger partial charge in [-0.15, -0.1) is 0 Å². The third-order valence-corrected chi connectivity index (χ3v) is 9.59. The van der Waals surface area contributed by atoms with Crippen molar-refractivity contribution < 1.29 is 0 Å². The van der Waals surface area contributed by atoms with Gasteiger partial charge in [-0.2, -0.15) is 0 Å². The predicted octanol–water partition coefficient (Wildman–Crippen LogP) is 4.70. The Morgan fingerprint density at radius 3 is 1.80 bits per heavy atom. The first-order valence-electron chi connectivity index (χ1n) is 11.2. The van der Waals surface area contributed by atoms with Crippen molar-refractivity contribution in [1.29, 1.82) is 0 Å². The van der Waals surface area contributed by atoms with Gasteiger partial charge in [-0.1, -0.05) is 27.7 Å². The zero-order valence-electron chi connectivity index (χ0n) is 17.4. The van der Waals surface area contributed by atoms with Gasteiger partial charge in [0, 0.05) is 12.6 Å². The number of nitrogens with one attached hydrogen (secondary N) is 2. The fourth-order valence-corrected chi connectivity index (χ4v) is 7.32. The van der Waals surface area contributed by atoms with Crippen molar-refractivity contribution in [1.82, 2.24) is 10.6 Å². The van der Waals surface area contributed by atoms with Crippen molar-refractivity contribution >= 4 is 0 Å². The fourth-order valence-electron chi connectivity index (χ4n) is 7.32. The molecule has 4 bridgehead atoms. The van der Waals surface area contributed by atoms with Crippen LogP contribution in [0.1, 0.15) is 73.1 Å². The molecule has 0 heterocycles. The van der Waals surface area contributed by atoms with Crippen LogP contribution in [0.4, 0.5) is 0 Å². The molecule has 7 atom stereocenters. The first kappa shape index (κ1) is 18.3. The molecule has 25 heavy (non-hydrogen) atoms. The third-order valence-electron chi connectivity index (χ3n) is 9.59. The van der Waals surface area contributed by atoms with Crippen LogP contribution in [0.25, 0.3) is 0 Å². The van der Waals surface area contributed by atoms with Gasteiger partial charge in [-0.3, -0.25) is 0 Å². The highest BCUT2D eigenvalue weighted by atomic mass is 15.0. The molecule has 0 spiro atoms. The highest BCUT2D eigenvalue weighted by Crippen LogP contribution is 2.62. The molecule has 0 aromatic carbocycles. The maximum atomic E-state index is 3.86. The minimum absolute atomic E-state index is 0.603. The van der Waals surface area contributed by atoms with Gasteiger partial charge >= 0.3 is 0 Å². The van der Waals surface area contributed by atoms with Crippen LogP contribution >= 0.6 is 0 Å². The van der Waals surface area contributed by atoms with Crippen molar-refractivity contribution in [3.63, 3.8) is 0 Å². The van der Waals surface area contributed by atoms with E-state index in [-0.39, 0.29) is 0 Å². The van der Waals surface area contributed by atoms with Gasteiger partial charge in [0.1, 0.15) is 0 Å². The van der Waals surface area contributed by atoms with E-state index in [9.17, 15) is 0 Å². The van der Waals surface area contributed by atoms with Crippen LogP contribution in [0.2, 0.25) is 0 Å². The van der Waals surface area contributed by atoms with Gasteiger partial charge in [-0.25, -0.2) is 0 Å². The highest BCUT2D eigenvalue weighted by Gasteiger charge is 2.54. The van der Waals surface area contributed by atoms with E-state index in [0.29, 0.717) is 16.9 Å². The average Bonchev–Trinajstić information content (AvgIpc) is 2.60. The van der Waals surface area contributed by atoms with E-state index in [1.807, 2.05) is 0 Å². The van der Waals surface area contributed by atoms with Crippen molar-refractivity contribution in [3.8, 4) is 0 Å². The van der Waals surface area contributed by atoms with Crippen molar-refractivity contribution in [2.75, 3.05) is 19.6 Å². The minimum atomic E-state index is 0.603. The van der Waals surface area contributed by atoms with Crippen molar-refractivity contribution in [2.45, 2.75) is 79.2 Å². The summed E-state index contributed by atoms with van der Waals surface area (Å²) in [5.74, 6) is 5.87. The van der Waals surface area contributed by atoms with E-state index < -0.39 is 0 Å². The lowest BCUT2D eigenvalue weighted by Crippen LogP contribution is -2.55. The lowest BCUT2D eigenvalue weighted by Gasteiger charge is -2.60. The molecule has 144 valence electrons. The second kappa shape index (κ2) is 6.51. The van der Waals surface area contributed by atoms with Gasteiger partial charge in [0.05, 0.1) is 0 Å². The summed E-state index contributed by atoms with van der Waals surface area (Å²) < 4.78 is 0. The zero-order chi connectivity index (χ0) is 17.8. The number of rotatable bonds is 7. The van der Waals surface area contributed by atoms with Crippen molar-refractivity contribution in [2.24, 2.45) is 46.3 Å². The van der Waals surface area contributed by atoms with E-state index in [1.54, 1.807) is 0 Å². The molecule has 6 aliphatic rings. The van der Waals surface area contributed by atoms with Gasteiger partial charge in [0.25, 0.3) is 0 Å². The molecule has 0 saturated heterocycles. The molecule has 2 N–H and O–H groups in total. The second-order valence-corrected chi connectivity index (χ2v) is 11.4. The molecule has 6 aliphatic carbocycles. The molecular weight excluding hydrogens is 304 g/mol. The van der Waals surface area contributed by atoms with E-state index >= 15 is 0 Å². The molecule has 0 radical (unpaired) electrons. The molecule has 2 nitrogen and oxygen atoms in total. The second-order valence-electron chi connectivity index (χ2n) is 11.4. The quantitative estimate of drug-likeness (QED) is 0.698. The van der Waals surface area contributed by atoms with E-state index in [0.717, 1.165) is 42.1 Å². The molecule has 6 saturated carbocycles. The Bertz CT molecular complexity index is 478. The topological polar surface area (TPSA) is 24.1 Å². The summed E-state index contributed by atoms with van der Waals surface area (Å²) in [7, 11) is 0. The van der Waals surface area contributed by atoms with E-state index in [2.05, 4.69) is 45.3 Å². The van der Waals surface area contributed by atoms with Crippen LogP contribution in [0.5, 0.6) is 0 Å². The number of hydrogen-bond donors (Lipinski definition) is 2. The van der Waals surface area contributed by atoms with Crippen LogP contribution in [0.15, 0.2) is 0 Å². The summed E-state index contributed by atoms with van der Waals surface area (Å²) in [4.78, 5) is 0. The average molecular weight is 347 g/mol. The monoisotopic (exact) mass is 346 g/mol. The SMILES string of the molecule is CC(CNCC1CC[C@H]2C[C@H]1C2(C)C)NC[C@@H]1CC[C@H]2C[C@H]1C2(C)C. The summed E-state index contributed by atoms with van der Waals surface area (Å²) >= 11 is 0.